The Morgan fingerprint density at radius 1 is 1.65 bits per heavy atom. The fraction of sp³-hybridized carbons (Fsp3) is 0.545. The van der Waals surface area contributed by atoms with Crippen molar-refractivity contribution < 1.29 is 14.3 Å². The molecule has 1 heterocycles. The van der Waals surface area contributed by atoms with Crippen LogP contribution in [0.2, 0.25) is 5.28 Å². The van der Waals surface area contributed by atoms with E-state index in [1.54, 1.807) is 0 Å². The van der Waals surface area contributed by atoms with Gasteiger partial charge in [0.1, 0.15) is 11.8 Å². The molecular formula is C11H13ClN2O3. The number of hydrogen-bond acceptors (Lipinski definition) is 4. The van der Waals surface area contributed by atoms with Crippen LogP contribution in [0.5, 0.6) is 0 Å². The van der Waals surface area contributed by atoms with Crippen LogP contribution in [0, 0.1) is 0 Å². The standard InChI is InChI=1S/C11H13ClN2O3/c1-2-14-9(8(6-15)13-11(14)12)10(16)17-7-4-3-5-7/h6-7H,2-5H2,1H3. The van der Waals surface area contributed by atoms with Gasteiger partial charge in [-0.25, -0.2) is 9.78 Å². The molecule has 2 rings (SSSR count). The molecule has 0 amide bonds. The van der Waals surface area contributed by atoms with Crippen LogP contribution < -0.4 is 0 Å². The quantitative estimate of drug-likeness (QED) is 0.611. The Balaban J connectivity index is 2.27. The van der Waals surface area contributed by atoms with Crippen molar-refractivity contribution in [1.82, 2.24) is 9.55 Å². The fourth-order valence-electron chi connectivity index (χ4n) is 1.72. The lowest BCUT2D eigenvalue weighted by Crippen LogP contribution is -2.26. The Morgan fingerprint density at radius 2 is 2.35 bits per heavy atom. The first-order chi connectivity index (χ1) is 8.17. The molecule has 1 saturated carbocycles. The summed E-state index contributed by atoms with van der Waals surface area (Å²) in [5.41, 5.74) is 0.195. The van der Waals surface area contributed by atoms with Gasteiger partial charge in [-0.15, -0.1) is 0 Å². The molecular weight excluding hydrogens is 244 g/mol. The Hall–Kier alpha value is -1.36. The molecule has 0 spiro atoms. The first-order valence-electron chi connectivity index (χ1n) is 5.59. The molecule has 0 aliphatic heterocycles. The van der Waals surface area contributed by atoms with E-state index < -0.39 is 5.97 Å². The van der Waals surface area contributed by atoms with Crippen molar-refractivity contribution in [2.75, 3.05) is 0 Å². The van der Waals surface area contributed by atoms with Gasteiger partial charge in [-0.2, -0.15) is 0 Å². The molecule has 0 aromatic carbocycles. The maximum atomic E-state index is 11.9. The second-order valence-corrected chi connectivity index (χ2v) is 4.27. The molecule has 5 nitrogen and oxygen atoms in total. The molecule has 0 radical (unpaired) electrons. The number of ether oxygens (including phenoxy) is 1. The summed E-state index contributed by atoms with van der Waals surface area (Å²) in [7, 11) is 0. The van der Waals surface area contributed by atoms with Crippen molar-refractivity contribution in [3.63, 3.8) is 0 Å². The number of aromatic nitrogens is 2. The van der Waals surface area contributed by atoms with Crippen molar-refractivity contribution in [3.8, 4) is 0 Å². The number of hydrogen-bond donors (Lipinski definition) is 0. The Kier molecular flexibility index (Phi) is 3.47. The zero-order valence-electron chi connectivity index (χ0n) is 9.48. The lowest BCUT2D eigenvalue weighted by atomic mass is 9.96. The number of halogens is 1. The molecule has 0 bridgehead atoms. The zero-order valence-corrected chi connectivity index (χ0v) is 10.2. The summed E-state index contributed by atoms with van der Waals surface area (Å²) in [6, 6.07) is 0. The van der Waals surface area contributed by atoms with E-state index in [0.29, 0.717) is 12.8 Å². The van der Waals surface area contributed by atoms with Gasteiger partial charge < -0.3 is 9.30 Å². The maximum Gasteiger partial charge on any atom is 0.357 e. The van der Waals surface area contributed by atoms with Crippen molar-refractivity contribution >= 4 is 23.9 Å². The van der Waals surface area contributed by atoms with E-state index in [2.05, 4.69) is 4.98 Å². The van der Waals surface area contributed by atoms with E-state index in [1.807, 2.05) is 6.92 Å². The van der Waals surface area contributed by atoms with Gasteiger partial charge >= 0.3 is 5.97 Å². The van der Waals surface area contributed by atoms with Crippen molar-refractivity contribution in [1.29, 1.82) is 0 Å². The monoisotopic (exact) mass is 256 g/mol. The van der Waals surface area contributed by atoms with Gasteiger partial charge in [0.25, 0.3) is 0 Å². The van der Waals surface area contributed by atoms with Gasteiger partial charge in [0, 0.05) is 6.54 Å². The lowest BCUT2D eigenvalue weighted by molar-refractivity contribution is 0.00775. The minimum absolute atomic E-state index is 0.0269. The molecule has 1 aromatic rings. The largest absolute Gasteiger partial charge is 0.458 e. The van der Waals surface area contributed by atoms with Gasteiger partial charge in [0.15, 0.2) is 12.0 Å². The molecule has 6 heteroatoms. The maximum absolute atomic E-state index is 11.9. The second-order valence-electron chi connectivity index (χ2n) is 3.94. The molecule has 0 atom stereocenters. The normalized spacial score (nSPS) is 15.4. The topological polar surface area (TPSA) is 61.2 Å². The minimum Gasteiger partial charge on any atom is -0.458 e. The van der Waals surface area contributed by atoms with E-state index >= 15 is 0 Å². The van der Waals surface area contributed by atoms with Gasteiger partial charge in [0.05, 0.1) is 0 Å². The van der Waals surface area contributed by atoms with E-state index in [-0.39, 0.29) is 22.8 Å². The number of nitrogens with zero attached hydrogens (tertiary/aromatic N) is 2. The summed E-state index contributed by atoms with van der Waals surface area (Å²) in [4.78, 5) is 26.6. The summed E-state index contributed by atoms with van der Waals surface area (Å²) in [5, 5.41) is 0.134. The van der Waals surface area contributed by atoms with Crippen LogP contribution in [0.3, 0.4) is 0 Å². The predicted molar refractivity (Wildman–Crippen MR) is 61.4 cm³/mol. The molecule has 0 saturated heterocycles. The second kappa shape index (κ2) is 4.87. The number of imidazole rings is 1. The smallest absolute Gasteiger partial charge is 0.357 e. The first-order valence-corrected chi connectivity index (χ1v) is 5.97. The zero-order chi connectivity index (χ0) is 12.4. The average Bonchev–Trinajstić information content (AvgIpc) is 2.59. The lowest BCUT2D eigenvalue weighted by Gasteiger charge is -2.25. The van der Waals surface area contributed by atoms with Crippen LogP contribution in [0.15, 0.2) is 0 Å². The molecule has 17 heavy (non-hydrogen) atoms. The van der Waals surface area contributed by atoms with Gasteiger partial charge in [-0.1, -0.05) is 0 Å². The third-order valence-electron chi connectivity index (χ3n) is 2.90. The van der Waals surface area contributed by atoms with Crippen LogP contribution in [0.4, 0.5) is 0 Å². The Morgan fingerprint density at radius 3 is 2.82 bits per heavy atom. The summed E-state index contributed by atoms with van der Waals surface area (Å²) in [6.07, 6.45) is 3.34. The van der Waals surface area contributed by atoms with Gasteiger partial charge in [0.2, 0.25) is 5.28 Å². The molecule has 0 unspecified atom stereocenters. The SMILES string of the molecule is CCn1c(Cl)nc(C=O)c1C(=O)OC1CCC1. The fourth-order valence-corrected chi connectivity index (χ4v) is 2.02. The van der Waals surface area contributed by atoms with Gasteiger partial charge in [-0.05, 0) is 37.8 Å². The summed E-state index contributed by atoms with van der Waals surface area (Å²) in [6.45, 7) is 2.29. The van der Waals surface area contributed by atoms with E-state index in [4.69, 9.17) is 16.3 Å². The molecule has 1 aliphatic carbocycles. The Labute approximate surface area is 104 Å². The molecule has 1 aromatic heterocycles. The summed E-state index contributed by atoms with van der Waals surface area (Å²) < 4.78 is 6.73. The van der Waals surface area contributed by atoms with Crippen LogP contribution in [-0.4, -0.2) is 27.9 Å². The predicted octanol–water partition coefficient (Wildman–Crippen LogP) is 2.08. The molecule has 1 fully saturated rings. The average molecular weight is 257 g/mol. The molecule has 92 valence electrons. The van der Waals surface area contributed by atoms with Crippen LogP contribution in [0.1, 0.15) is 47.2 Å². The summed E-state index contributed by atoms with van der Waals surface area (Å²) >= 11 is 5.84. The van der Waals surface area contributed by atoms with E-state index in [9.17, 15) is 9.59 Å². The first kappa shape index (κ1) is 12.1. The Bertz CT molecular complexity index is 452. The van der Waals surface area contributed by atoms with Crippen LogP contribution in [-0.2, 0) is 11.3 Å². The highest BCUT2D eigenvalue weighted by Gasteiger charge is 2.27. The third kappa shape index (κ3) is 2.20. The number of aldehydes is 1. The number of esters is 1. The summed E-state index contributed by atoms with van der Waals surface area (Å²) in [5.74, 6) is -0.516. The van der Waals surface area contributed by atoms with Gasteiger partial charge in [-0.3, -0.25) is 4.79 Å². The number of rotatable bonds is 4. The van der Waals surface area contributed by atoms with Crippen LogP contribution in [0.25, 0.3) is 0 Å². The highest BCUT2D eigenvalue weighted by molar-refractivity contribution is 6.29. The van der Waals surface area contributed by atoms with Crippen molar-refractivity contribution in [2.24, 2.45) is 0 Å². The minimum atomic E-state index is -0.516. The molecule has 0 N–H and O–H groups in total. The van der Waals surface area contributed by atoms with Crippen LogP contribution >= 0.6 is 11.6 Å². The van der Waals surface area contributed by atoms with E-state index in [0.717, 1.165) is 19.3 Å². The number of carbonyl (C=O) groups excluding carboxylic acids is 2. The highest BCUT2D eigenvalue weighted by atomic mass is 35.5. The number of carbonyl (C=O) groups is 2. The van der Waals surface area contributed by atoms with Crippen molar-refractivity contribution in [2.45, 2.75) is 38.8 Å². The highest BCUT2D eigenvalue weighted by Crippen LogP contribution is 2.24. The van der Waals surface area contributed by atoms with Crippen molar-refractivity contribution in [3.05, 3.63) is 16.7 Å². The molecule has 1 aliphatic rings. The third-order valence-corrected chi connectivity index (χ3v) is 3.18. The van der Waals surface area contributed by atoms with E-state index in [1.165, 1.54) is 4.57 Å².